The average Bonchev–Trinajstić information content (AvgIpc) is 2.25. The molecule has 1 aromatic rings. The summed E-state index contributed by atoms with van der Waals surface area (Å²) in [5.74, 6) is 6.76. The summed E-state index contributed by atoms with van der Waals surface area (Å²) in [6, 6.07) is 6.20. The number of aryl methyl sites for hydroxylation is 1. The minimum atomic E-state index is 0.738. The highest BCUT2D eigenvalue weighted by atomic mass is 16.5. The number of benzene rings is 1. The van der Waals surface area contributed by atoms with Gasteiger partial charge in [-0.15, -0.1) is 5.92 Å². The van der Waals surface area contributed by atoms with Crippen LogP contribution in [-0.2, 0) is 6.54 Å². The van der Waals surface area contributed by atoms with Crippen molar-refractivity contribution in [3.05, 3.63) is 29.3 Å². The van der Waals surface area contributed by atoms with Crippen LogP contribution in [0.15, 0.2) is 18.2 Å². The molecule has 1 aromatic carbocycles. The summed E-state index contributed by atoms with van der Waals surface area (Å²) in [7, 11) is 1.69. The zero-order valence-corrected chi connectivity index (χ0v) is 9.55. The van der Waals surface area contributed by atoms with E-state index in [-0.39, 0.29) is 0 Å². The van der Waals surface area contributed by atoms with Crippen molar-refractivity contribution in [2.45, 2.75) is 20.4 Å². The molecule has 1 N–H and O–H groups in total. The number of hydrogen-bond donors (Lipinski definition) is 1. The van der Waals surface area contributed by atoms with E-state index < -0.39 is 0 Å². The van der Waals surface area contributed by atoms with Gasteiger partial charge < -0.3 is 10.1 Å². The lowest BCUT2D eigenvalue weighted by Gasteiger charge is -2.07. The fourth-order valence-corrected chi connectivity index (χ4v) is 1.41. The maximum Gasteiger partial charge on any atom is 0.121 e. The fourth-order valence-electron chi connectivity index (χ4n) is 1.41. The average molecular weight is 203 g/mol. The second-order valence-electron chi connectivity index (χ2n) is 3.33. The fraction of sp³-hybridized carbons (Fsp3) is 0.385. The van der Waals surface area contributed by atoms with Crippen molar-refractivity contribution in [2.75, 3.05) is 13.7 Å². The molecule has 0 bridgehead atoms. The van der Waals surface area contributed by atoms with Crippen LogP contribution in [0.4, 0.5) is 0 Å². The number of methoxy groups -OCH3 is 1. The van der Waals surface area contributed by atoms with Gasteiger partial charge >= 0.3 is 0 Å². The zero-order chi connectivity index (χ0) is 11.1. The van der Waals surface area contributed by atoms with Crippen LogP contribution in [-0.4, -0.2) is 13.7 Å². The summed E-state index contributed by atoms with van der Waals surface area (Å²) in [5.41, 5.74) is 2.42. The highest BCUT2D eigenvalue weighted by molar-refractivity contribution is 5.36. The molecule has 0 aliphatic rings. The summed E-state index contributed by atoms with van der Waals surface area (Å²) in [4.78, 5) is 0. The molecule has 1 rings (SSSR count). The largest absolute Gasteiger partial charge is 0.496 e. The van der Waals surface area contributed by atoms with E-state index in [0.717, 1.165) is 18.8 Å². The van der Waals surface area contributed by atoms with Gasteiger partial charge in [-0.25, -0.2) is 0 Å². The first-order chi connectivity index (χ1) is 7.27. The van der Waals surface area contributed by atoms with Crippen LogP contribution < -0.4 is 10.1 Å². The third-order valence-electron chi connectivity index (χ3n) is 2.18. The Bertz CT molecular complexity index is 374. The van der Waals surface area contributed by atoms with Crippen molar-refractivity contribution in [2.24, 2.45) is 0 Å². The van der Waals surface area contributed by atoms with E-state index in [4.69, 9.17) is 4.74 Å². The van der Waals surface area contributed by atoms with E-state index >= 15 is 0 Å². The Labute approximate surface area is 91.6 Å². The molecule has 0 spiro atoms. The molecule has 0 aliphatic heterocycles. The molecule has 0 saturated heterocycles. The number of nitrogens with one attached hydrogen (secondary N) is 1. The van der Waals surface area contributed by atoms with Gasteiger partial charge in [0.25, 0.3) is 0 Å². The molecule has 2 heteroatoms. The smallest absolute Gasteiger partial charge is 0.121 e. The van der Waals surface area contributed by atoms with Crippen LogP contribution in [0, 0.1) is 18.8 Å². The maximum absolute atomic E-state index is 5.20. The molecule has 0 fully saturated rings. The minimum Gasteiger partial charge on any atom is -0.496 e. The standard InChI is InChI=1S/C13H17NO/c1-4-5-8-14-10-12-6-7-13(15-3)11(2)9-12/h6-7,9,14H,8,10H2,1-3H3. The van der Waals surface area contributed by atoms with Crippen LogP contribution in [0.25, 0.3) is 0 Å². The van der Waals surface area contributed by atoms with E-state index in [0.29, 0.717) is 0 Å². The predicted molar refractivity (Wildman–Crippen MR) is 62.9 cm³/mol. The van der Waals surface area contributed by atoms with Crippen LogP contribution in [0.5, 0.6) is 5.75 Å². The zero-order valence-electron chi connectivity index (χ0n) is 9.55. The van der Waals surface area contributed by atoms with Crippen molar-refractivity contribution in [3.63, 3.8) is 0 Å². The van der Waals surface area contributed by atoms with Crippen LogP contribution in [0.1, 0.15) is 18.1 Å². The number of rotatable bonds is 4. The van der Waals surface area contributed by atoms with Crippen molar-refractivity contribution in [3.8, 4) is 17.6 Å². The highest BCUT2D eigenvalue weighted by Gasteiger charge is 1.98. The summed E-state index contributed by atoms with van der Waals surface area (Å²) in [5, 5.41) is 3.25. The monoisotopic (exact) mass is 203 g/mol. The molecule has 0 heterocycles. The van der Waals surface area contributed by atoms with Gasteiger partial charge in [0.1, 0.15) is 5.75 Å². The molecule has 0 saturated carbocycles. The molecule has 2 nitrogen and oxygen atoms in total. The van der Waals surface area contributed by atoms with Gasteiger partial charge in [0, 0.05) is 6.54 Å². The third-order valence-corrected chi connectivity index (χ3v) is 2.18. The molecule has 15 heavy (non-hydrogen) atoms. The van der Waals surface area contributed by atoms with Crippen molar-refractivity contribution in [1.29, 1.82) is 0 Å². The van der Waals surface area contributed by atoms with Gasteiger partial charge in [-0.1, -0.05) is 18.1 Å². The van der Waals surface area contributed by atoms with Gasteiger partial charge in [0.2, 0.25) is 0 Å². The van der Waals surface area contributed by atoms with Crippen LogP contribution in [0.2, 0.25) is 0 Å². The molecule has 0 unspecified atom stereocenters. The second kappa shape index (κ2) is 6.10. The van der Waals surface area contributed by atoms with Gasteiger partial charge in [-0.05, 0) is 31.0 Å². The van der Waals surface area contributed by atoms with Gasteiger partial charge in [0.05, 0.1) is 13.7 Å². The lowest BCUT2D eigenvalue weighted by molar-refractivity contribution is 0.411. The predicted octanol–water partition coefficient (Wildman–Crippen LogP) is 2.12. The molecule has 0 aliphatic carbocycles. The Balaban J connectivity index is 2.54. The maximum atomic E-state index is 5.20. The Morgan fingerprint density at radius 1 is 1.40 bits per heavy atom. The molecule has 0 aromatic heterocycles. The highest BCUT2D eigenvalue weighted by Crippen LogP contribution is 2.18. The van der Waals surface area contributed by atoms with Crippen LogP contribution in [0.3, 0.4) is 0 Å². The lowest BCUT2D eigenvalue weighted by Crippen LogP contribution is -2.13. The quantitative estimate of drug-likeness (QED) is 0.598. The summed E-state index contributed by atoms with van der Waals surface area (Å²) >= 11 is 0. The lowest BCUT2D eigenvalue weighted by atomic mass is 10.1. The second-order valence-corrected chi connectivity index (χ2v) is 3.33. The van der Waals surface area contributed by atoms with E-state index in [1.165, 1.54) is 11.1 Å². The summed E-state index contributed by atoms with van der Waals surface area (Å²) in [6.07, 6.45) is 0. The van der Waals surface area contributed by atoms with Gasteiger partial charge in [0.15, 0.2) is 0 Å². The van der Waals surface area contributed by atoms with E-state index in [2.05, 4.69) is 29.3 Å². The Morgan fingerprint density at radius 3 is 2.80 bits per heavy atom. The van der Waals surface area contributed by atoms with Crippen molar-refractivity contribution in [1.82, 2.24) is 5.32 Å². The molecule has 0 radical (unpaired) electrons. The SMILES string of the molecule is CC#CCNCc1ccc(OC)c(C)c1. The Morgan fingerprint density at radius 2 is 2.20 bits per heavy atom. The first kappa shape index (κ1) is 11.6. The Kier molecular flexibility index (Phi) is 4.73. The molecule has 80 valence electrons. The van der Waals surface area contributed by atoms with E-state index in [9.17, 15) is 0 Å². The van der Waals surface area contributed by atoms with Crippen LogP contribution >= 0.6 is 0 Å². The normalized spacial score (nSPS) is 9.27. The summed E-state index contributed by atoms with van der Waals surface area (Å²) < 4.78 is 5.20. The van der Waals surface area contributed by atoms with E-state index in [1.54, 1.807) is 7.11 Å². The molecular weight excluding hydrogens is 186 g/mol. The first-order valence-electron chi connectivity index (χ1n) is 5.01. The Hall–Kier alpha value is -1.46. The number of hydrogen-bond acceptors (Lipinski definition) is 2. The number of ether oxygens (including phenoxy) is 1. The third kappa shape index (κ3) is 3.65. The van der Waals surface area contributed by atoms with Gasteiger partial charge in [-0.3, -0.25) is 0 Å². The molecular formula is C13H17NO. The molecule has 0 amide bonds. The van der Waals surface area contributed by atoms with Gasteiger partial charge in [-0.2, -0.15) is 0 Å². The first-order valence-corrected chi connectivity index (χ1v) is 5.01. The minimum absolute atomic E-state index is 0.738. The summed E-state index contributed by atoms with van der Waals surface area (Å²) in [6.45, 7) is 5.48. The molecule has 0 atom stereocenters. The van der Waals surface area contributed by atoms with Crippen molar-refractivity contribution >= 4 is 0 Å². The topological polar surface area (TPSA) is 21.3 Å². The van der Waals surface area contributed by atoms with E-state index in [1.807, 2.05) is 19.9 Å². The van der Waals surface area contributed by atoms with Crippen molar-refractivity contribution < 1.29 is 4.74 Å².